The Morgan fingerprint density at radius 2 is 1.42 bits per heavy atom. The number of benzene rings is 3. The van der Waals surface area contributed by atoms with Crippen molar-refractivity contribution in [3.05, 3.63) is 77.9 Å². The van der Waals surface area contributed by atoms with E-state index in [-0.39, 0.29) is 16.4 Å². The molecule has 0 saturated carbocycles. The van der Waals surface area contributed by atoms with Gasteiger partial charge in [-0.15, -0.1) is 0 Å². The molecule has 0 aliphatic heterocycles. The lowest BCUT2D eigenvalue weighted by molar-refractivity contribution is 0.0932. The second kappa shape index (κ2) is 7.62. The summed E-state index contributed by atoms with van der Waals surface area (Å²) < 4.78 is 0. The second-order valence-corrected chi connectivity index (χ2v) is 5.85. The topological polar surface area (TPSA) is 90.5 Å². The summed E-state index contributed by atoms with van der Waals surface area (Å²) in [6.45, 7) is 0. The lowest BCUT2D eigenvalue weighted by atomic mass is 10.1. The molecule has 0 fully saturated rings. The third-order valence-corrected chi connectivity index (χ3v) is 3.87. The first-order valence-electron chi connectivity index (χ1n) is 7.73. The van der Waals surface area contributed by atoms with E-state index in [1.807, 2.05) is 24.3 Å². The fourth-order valence-electron chi connectivity index (χ4n) is 2.39. The first-order valence-corrected chi connectivity index (χ1v) is 8.14. The molecule has 0 heterocycles. The quantitative estimate of drug-likeness (QED) is 0.414. The third kappa shape index (κ3) is 3.96. The Morgan fingerprint density at radius 1 is 0.808 bits per heavy atom. The third-order valence-electron chi connectivity index (χ3n) is 3.66. The Bertz CT molecular complexity index is 990. The molecule has 2 amide bonds. The maximum absolute atomic E-state index is 12.3. The summed E-state index contributed by atoms with van der Waals surface area (Å²) in [5.74, 6) is -1.13. The largest absolute Gasteiger partial charge is 0.507 e. The van der Waals surface area contributed by atoms with Gasteiger partial charge in [0, 0.05) is 5.56 Å². The van der Waals surface area contributed by atoms with Gasteiger partial charge in [0.2, 0.25) is 0 Å². The van der Waals surface area contributed by atoms with Crippen molar-refractivity contribution in [1.82, 2.24) is 16.2 Å². The predicted octanol–water partition coefficient (Wildman–Crippen LogP) is 2.49. The molecule has 0 bridgehead atoms. The van der Waals surface area contributed by atoms with Crippen LogP contribution in [0.25, 0.3) is 10.8 Å². The molecular weight excluding hydrogens is 350 g/mol. The lowest BCUT2D eigenvalue weighted by Crippen LogP contribution is -2.48. The van der Waals surface area contributed by atoms with E-state index in [2.05, 4.69) is 16.2 Å². The van der Waals surface area contributed by atoms with Crippen LogP contribution >= 0.6 is 12.2 Å². The van der Waals surface area contributed by atoms with Gasteiger partial charge in [-0.3, -0.25) is 25.8 Å². The molecule has 0 radical (unpaired) electrons. The fraction of sp³-hybridized carbons (Fsp3) is 0. The van der Waals surface area contributed by atoms with E-state index in [1.54, 1.807) is 36.4 Å². The summed E-state index contributed by atoms with van der Waals surface area (Å²) in [5.41, 5.74) is 5.33. The number of aromatic hydroxyl groups is 1. The van der Waals surface area contributed by atoms with Crippen molar-refractivity contribution in [1.29, 1.82) is 0 Å². The van der Waals surface area contributed by atoms with Gasteiger partial charge < -0.3 is 5.11 Å². The highest BCUT2D eigenvalue weighted by Crippen LogP contribution is 2.24. The van der Waals surface area contributed by atoms with Crippen LogP contribution in [0.4, 0.5) is 0 Å². The number of nitrogens with one attached hydrogen (secondary N) is 3. The highest BCUT2D eigenvalue weighted by molar-refractivity contribution is 7.80. The molecule has 0 unspecified atom stereocenters. The maximum atomic E-state index is 12.3. The lowest BCUT2D eigenvalue weighted by Gasteiger charge is -2.12. The first kappa shape index (κ1) is 17.4. The molecule has 6 nitrogen and oxygen atoms in total. The van der Waals surface area contributed by atoms with Crippen molar-refractivity contribution < 1.29 is 14.7 Å². The van der Waals surface area contributed by atoms with Crippen LogP contribution in [0.3, 0.4) is 0 Å². The summed E-state index contributed by atoms with van der Waals surface area (Å²) in [4.78, 5) is 24.2. The molecule has 0 saturated heterocycles. The molecule has 3 aromatic carbocycles. The molecule has 4 N–H and O–H groups in total. The van der Waals surface area contributed by atoms with E-state index in [0.717, 1.165) is 10.8 Å². The van der Waals surface area contributed by atoms with Crippen molar-refractivity contribution in [2.75, 3.05) is 0 Å². The first-order chi connectivity index (χ1) is 12.5. The molecule has 0 aromatic heterocycles. The van der Waals surface area contributed by atoms with E-state index >= 15 is 0 Å². The Labute approximate surface area is 154 Å². The number of rotatable bonds is 2. The molecule has 3 rings (SSSR count). The minimum Gasteiger partial charge on any atom is -0.507 e. The predicted molar refractivity (Wildman–Crippen MR) is 103 cm³/mol. The van der Waals surface area contributed by atoms with Gasteiger partial charge in [0.15, 0.2) is 5.11 Å². The van der Waals surface area contributed by atoms with E-state index < -0.39 is 11.8 Å². The van der Waals surface area contributed by atoms with Gasteiger partial charge in [0.25, 0.3) is 11.8 Å². The van der Waals surface area contributed by atoms with E-state index in [9.17, 15) is 14.7 Å². The van der Waals surface area contributed by atoms with Crippen LogP contribution in [0.5, 0.6) is 5.75 Å². The van der Waals surface area contributed by atoms with Gasteiger partial charge in [0.1, 0.15) is 5.75 Å². The Kier molecular flexibility index (Phi) is 5.09. The SMILES string of the molecule is O=C(NC(=S)NNC(=O)c1cc2ccccc2cc1O)c1ccccc1. The van der Waals surface area contributed by atoms with Crippen LogP contribution < -0.4 is 16.2 Å². The van der Waals surface area contributed by atoms with Gasteiger partial charge in [-0.05, 0) is 47.3 Å². The van der Waals surface area contributed by atoms with Crippen LogP contribution in [0.1, 0.15) is 20.7 Å². The van der Waals surface area contributed by atoms with Crippen LogP contribution in [-0.2, 0) is 0 Å². The minimum absolute atomic E-state index is 0.0625. The average Bonchev–Trinajstić information content (AvgIpc) is 2.66. The monoisotopic (exact) mass is 365 g/mol. The molecule has 7 heteroatoms. The van der Waals surface area contributed by atoms with E-state index in [4.69, 9.17) is 12.2 Å². The summed E-state index contributed by atoms with van der Waals surface area (Å²) in [6.07, 6.45) is 0. The zero-order valence-corrected chi connectivity index (χ0v) is 14.3. The van der Waals surface area contributed by atoms with Crippen molar-refractivity contribution in [2.45, 2.75) is 0 Å². The number of hydrogen-bond donors (Lipinski definition) is 4. The van der Waals surface area contributed by atoms with Gasteiger partial charge >= 0.3 is 0 Å². The fourth-order valence-corrected chi connectivity index (χ4v) is 2.53. The number of amides is 2. The maximum Gasteiger partial charge on any atom is 0.273 e. The molecule has 0 atom stereocenters. The molecule has 0 spiro atoms. The number of carbonyl (C=O) groups excluding carboxylic acids is 2. The minimum atomic E-state index is -0.579. The van der Waals surface area contributed by atoms with E-state index in [1.165, 1.54) is 6.07 Å². The van der Waals surface area contributed by atoms with Crippen molar-refractivity contribution in [2.24, 2.45) is 0 Å². The smallest absolute Gasteiger partial charge is 0.273 e. The highest BCUT2D eigenvalue weighted by atomic mass is 32.1. The van der Waals surface area contributed by atoms with Gasteiger partial charge in [-0.25, -0.2) is 0 Å². The molecular formula is C19H15N3O3S. The van der Waals surface area contributed by atoms with Crippen LogP contribution in [-0.4, -0.2) is 22.0 Å². The zero-order valence-electron chi connectivity index (χ0n) is 13.5. The molecule has 0 aliphatic carbocycles. The highest BCUT2D eigenvalue weighted by Gasteiger charge is 2.13. The summed E-state index contributed by atoms with van der Waals surface area (Å²) in [5, 5.41) is 14.1. The Morgan fingerprint density at radius 3 is 2.12 bits per heavy atom. The van der Waals surface area contributed by atoms with Crippen LogP contribution in [0, 0.1) is 0 Å². The van der Waals surface area contributed by atoms with Gasteiger partial charge in [-0.1, -0.05) is 42.5 Å². The average molecular weight is 365 g/mol. The van der Waals surface area contributed by atoms with Crippen LogP contribution in [0.15, 0.2) is 66.7 Å². The normalized spacial score (nSPS) is 10.2. The number of hydrazine groups is 1. The Hall–Kier alpha value is -3.45. The molecule has 26 heavy (non-hydrogen) atoms. The van der Waals surface area contributed by atoms with Gasteiger partial charge in [0.05, 0.1) is 5.56 Å². The van der Waals surface area contributed by atoms with Crippen molar-refractivity contribution >= 4 is 39.9 Å². The zero-order chi connectivity index (χ0) is 18.5. The Balaban J connectivity index is 1.62. The number of hydrogen-bond acceptors (Lipinski definition) is 4. The number of phenolic OH excluding ortho intramolecular Hbond substituents is 1. The molecule has 0 aliphatic rings. The summed E-state index contributed by atoms with van der Waals surface area (Å²) >= 11 is 4.99. The summed E-state index contributed by atoms with van der Waals surface area (Å²) in [6, 6.07) is 19.0. The number of fused-ring (bicyclic) bond motifs is 1. The van der Waals surface area contributed by atoms with E-state index in [0.29, 0.717) is 5.56 Å². The van der Waals surface area contributed by atoms with Crippen molar-refractivity contribution in [3.8, 4) is 5.75 Å². The number of phenols is 1. The molecule has 130 valence electrons. The number of thiocarbonyl (C=S) groups is 1. The summed E-state index contributed by atoms with van der Waals surface area (Å²) in [7, 11) is 0. The van der Waals surface area contributed by atoms with Gasteiger partial charge in [-0.2, -0.15) is 0 Å². The molecule has 3 aromatic rings. The van der Waals surface area contributed by atoms with Crippen molar-refractivity contribution in [3.63, 3.8) is 0 Å². The number of carbonyl (C=O) groups is 2. The van der Waals surface area contributed by atoms with Crippen LogP contribution in [0.2, 0.25) is 0 Å². The second-order valence-electron chi connectivity index (χ2n) is 5.44. The standard InChI is InChI=1S/C19H15N3O3S/c23-16-11-14-9-5-4-8-13(14)10-15(16)18(25)21-22-19(26)20-17(24)12-6-2-1-3-7-12/h1-11,23H,(H,21,25)(H2,20,22,24,26).